The lowest BCUT2D eigenvalue weighted by Crippen LogP contribution is -2.43. The first kappa shape index (κ1) is 16.0. The molecule has 0 spiro atoms. The molecule has 3 rings (SSSR count). The van der Waals surface area contributed by atoms with Crippen molar-refractivity contribution in [1.82, 2.24) is 9.80 Å². The summed E-state index contributed by atoms with van der Waals surface area (Å²) in [6.07, 6.45) is 5.24. The highest BCUT2D eigenvalue weighted by atomic mass is 16.3. The van der Waals surface area contributed by atoms with Crippen LogP contribution in [0.15, 0.2) is 24.3 Å². The molecule has 3 heteroatoms. The third-order valence-corrected chi connectivity index (χ3v) is 5.57. The van der Waals surface area contributed by atoms with Gasteiger partial charge in [-0.05, 0) is 68.9 Å². The molecule has 1 unspecified atom stereocenters. The Morgan fingerprint density at radius 3 is 2.32 bits per heavy atom. The van der Waals surface area contributed by atoms with E-state index in [-0.39, 0.29) is 6.61 Å². The first-order valence-corrected chi connectivity index (χ1v) is 8.93. The number of hydrogen-bond acceptors (Lipinski definition) is 3. The Morgan fingerprint density at radius 1 is 1.00 bits per heavy atom. The van der Waals surface area contributed by atoms with E-state index >= 15 is 0 Å². The summed E-state index contributed by atoms with van der Waals surface area (Å²) in [7, 11) is 0. The van der Waals surface area contributed by atoms with Crippen molar-refractivity contribution in [2.24, 2.45) is 5.92 Å². The molecule has 0 amide bonds. The van der Waals surface area contributed by atoms with Crippen LogP contribution in [0.3, 0.4) is 0 Å². The number of piperidine rings is 1. The van der Waals surface area contributed by atoms with Crippen molar-refractivity contribution in [2.45, 2.75) is 45.3 Å². The first-order chi connectivity index (χ1) is 10.8. The van der Waals surface area contributed by atoms with Gasteiger partial charge in [-0.3, -0.25) is 4.90 Å². The minimum absolute atomic E-state index is 0.147. The molecule has 0 saturated carbocycles. The van der Waals surface area contributed by atoms with Crippen molar-refractivity contribution in [3.63, 3.8) is 0 Å². The van der Waals surface area contributed by atoms with Gasteiger partial charge < -0.3 is 10.0 Å². The quantitative estimate of drug-likeness (QED) is 0.905. The van der Waals surface area contributed by atoms with Crippen LogP contribution in [0.1, 0.15) is 37.3 Å². The molecule has 22 heavy (non-hydrogen) atoms. The summed E-state index contributed by atoms with van der Waals surface area (Å²) >= 11 is 0. The molecule has 0 aromatic heterocycles. The van der Waals surface area contributed by atoms with E-state index in [2.05, 4.69) is 41.0 Å². The van der Waals surface area contributed by atoms with Crippen LogP contribution in [0.25, 0.3) is 0 Å². The molecule has 0 bridgehead atoms. The number of nitrogens with zero attached hydrogens (tertiary/aromatic N) is 2. The molecule has 1 atom stereocenters. The topological polar surface area (TPSA) is 26.7 Å². The maximum absolute atomic E-state index is 9.12. The minimum atomic E-state index is 0.147. The van der Waals surface area contributed by atoms with Gasteiger partial charge in [-0.15, -0.1) is 0 Å². The van der Waals surface area contributed by atoms with Gasteiger partial charge in [-0.1, -0.05) is 31.2 Å². The third kappa shape index (κ3) is 3.89. The summed E-state index contributed by atoms with van der Waals surface area (Å²) in [5, 5.41) is 9.12. The van der Waals surface area contributed by atoms with Gasteiger partial charge in [0.15, 0.2) is 0 Å². The van der Waals surface area contributed by atoms with E-state index in [1.165, 1.54) is 64.0 Å². The number of hydrogen-bond donors (Lipinski definition) is 1. The Balaban J connectivity index is 1.47. The van der Waals surface area contributed by atoms with Gasteiger partial charge in [0, 0.05) is 12.6 Å². The smallest absolute Gasteiger partial charge is 0.0681 e. The molecule has 0 radical (unpaired) electrons. The van der Waals surface area contributed by atoms with Gasteiger partial charge in [-0.25, -0.2) is 0 Å². The highest BCUT2D eigenvalue weighted by Crippen LogP contribution is 2.26. The van der Waals surface area contributed by atoms with E-state index < -0.39 is 0 Å². The van der Waals surface area contributed by atoms with Crippen molar-refractivity contribution >= 4 is 0 Å². The van der Waals surface area contributed by atoms with Crippen molar-refractivity contribution < 1.29 is 5.11 Å². The molecule has 1 N–H and O–H groups in total. The van der Waals surface area contributed by atoms with Gasteiger partial charge in [0.2, 0.25) is 0 Å². The molecule has 3 nitrogen and oxygen atoms in total. The lowest BCUT2D eigenvalue weighted by Gasteiger charge is -2.36. The number of likely N-dealkylation sites (tertiary alicyclic amines) is 2. The fraction of sp³-hybridized carbons (Fsp3) is 0.684. The van der Waals surface area contributed by atoms with Crippen molar-refractivity contribution in [2.75, 3.05) is 32.7 Å². The molecule has 2 fully saturated rings. The molecule has 122 valence electrons. The fourth-order valence-corrected chi connectivity index (χ4v) is 4.08. The van der Waals surface area contributed by atoms with E-state index in [1.807, 2.05) is 0 Å². The third-order valence-electron chi connectivity index (χ3n) is 5.57. The molecule has 2 saturated heterocycles. The molecule has 0 aliphatic carbocycles. The summed E-state index contributed by atoms with van der Waals surface area (Å²) in [4.78, 5) is 5.33. The number of rotatable bonds is 5. The van der Waals surface area contributed by atoms with E-state index in [0.717, 1.165) is 17.5 Å². The molecule has 2 heterocycles. The summed E-state index contributed by atoms with van der Waals surface area (Å²) in [5.74, 6) is 0.809. The number of benzene rings is 1. The second kappa shape index (κ2) is 7.58. The van der Waals surface area contributed by atoms with Crippen LogP contribution in [-0.4, -0.2) is 53.7 Å². The van der Waals surface area contributed by atoms with Crippen molar-refractivity contribution in [1.29, 1.82) is 0 Å². The molecule has 2 aliphatic rings. The Kier molecular flexibility index (Phi) is 5.51. The Labute approximate surface area is 134 Å². The van der Waals surface area contributed by atoms with Gasteiger partial charge in [0.1, 0.15) is 0 Å². The first-order valence-electron chi connectivity index (χ1n) is 8.93. The Bertz CT molecular complexity index is 451. The lowest BCUT2D eigenvalue weighted by molar-refractivity contribution is 0.127. The zero-order valence-corrected chi connectivity index (χ0v) is 13.9. The zero-order chi connectivity index (χ0) is 15.4. The van der Waals surface area contributed by atoms with E-state index in [1.54, 1.807) is 0 Å². The highest BCUT2D eigenvalue weighted by molar-refractivity contribution is 5.22. The maximum atomic E-state index is 9.12. The van der Waals surface area contributed by atoms with Gasteiger partial charge in [-0.2, -0.15) is 0 Å². The number of aliphatic hydroxyl groups excluding tert-OH is 1. The van der Waals surface area contributed by atoms with Crippen molar-refractivity contribution in [3.8, 4) is 0 Å². The standard InChI is InChI=1S/C19H30N2O/c1-2-20-10-8-19(9-11-20)21-12-7-18(14-21)13-16-3-5-17(15-22)6-4-16/h3-6,18-19,22H,2,7-15H2,1H3. The molecular formula is C19H30N2O. The van der Waals surface area contributed by atoms with Crippen LogP contribution in [0.5, 0.6) is 0 Å². The van der Waals surface area contributed by atoms with Crippen LogP contribution in [-0.2, 0) is 13.0 Å². The minimum Gasteiger partial charge on any atom is -0.392 e. The zero-order valence-electron chi connectivity index (χ0n) is 13.9. The Hall–Kier alpha value is -0.900. The van der Waals surface area contributed by atoms with Crippen molar-refractivity contribution in [3.05, 3.63) is 35.4 Å². The van der Waals surface area contributed by atoms with Crippen LogP contribution in [0.2, 0.25) is 0 Å². The molecular weight excluding hydrogens is 272 g/mol. The average Bonchev–Trinajstić information content (AvgIpc) is 3.04. The van der Waals surface area contributed by atoms with E-state index in [4.69, 9.17) is 5.11 Å². The summed E-state index contributed by atoms with van der Waals surface area (Å²) < 4.78 is 0. The summed E-state index contributed by atoms with van der Waals surface area (Å²) in [6.45, 7) is 8.76. The second-order valence-corrected chi connectivity index (χ2v) is 6.99. The molecule has 1 aromatic rings. The SMILES string of the molecule is CCN1CCC(N2CCC(Cc3ccc(CO)cc3)C2)CC1. The molecule has 1 aromatic carbocycles. The summed E-state index contributed by atoms with van der Waals surface area (Å²) in [6, 6.07) is 9.32. The van der Waals surface area contributed by atoms with Crippen LogP contribution < -0.4 is 0 Å². The highest BCUT2D eigenvalue weighted by Gasteiger charge is 2.30. The van der Waals surface area contributed by atoms with Crippen LogP contribution in [0, 0.1) is 5.92 Å². The van der Waals surface area contributed by atoms with Gasteiger partial charge in [0.25, 0.3) is 0 Å². The van der Waals surface area contributed by atoms with E-state index in [9.17, 15) is 0 Å². The fourth-order valence-electron chi connectivity index (χ4n) is 4.08. The second-order valence-electron chi connectivity index (χ2n) is 6.99. The van der Waals surface area contributed by atoms with Crippen LogP contribution in [0.4, 0.5) is 0 Å². The predicted octanol–water partition coefficient (Wildman–Crippen LogP) is 2.53. The summed E-state index contributed by atoms with van der Waals surface area (Å²) in [5.41, 5.74) is 2.43. The predicted molar refractivity (Wildman–Crippen MR) is 90.9 cm³/mol. The molecule has 2 aliphatic heterocycles. The van der Waals surface area contributed by atoms with Gasteiger partial charge in [0.05, 0.1) is 6.61 Å². The van der Waals surface area contributed by atoms with E-state index in [0.29, 0.717) is 0 Å². The largest absolute Gasteiger partial charge is 0.392 e. The van der Waals surface area contributed by atoms with Gasteiger partial charge >= 0.3 is 0 Å². The monoisotopic (exact) mass is 302 g/mol. The normalized spacial score (nSPS) is 24.9. The average molecular weight is 302 g/mol. The van der Waals surface area contributed by atoms with Crippen LogP contribution >= 0.6 is 0 Å². The number of aliphatic hydroxyl groups is 1. The maximum Gasteiger partial charge on any atom is 0.0681 e. The Morgan fingerprint density at radius 2 is 1.68 bits per heavy atom. The lowest BCUT2D eigenvalue weighted by atomic mass is 9.97.